The van der Waals surface area contributed by atoms with E-state index in [0.717, 1.165) is 30.8 Å². The highest BCUT2D eigenvalue weighted by Crippen LogP contribution is 2.16. The summed E-state index contributed by atoms with van der Waals surface area (Å²) in [5.74, 6) is 1.01. The summed E-state index contributed by atoms with van der Waals surface area (Å²) in [4.78, 5) is 4.30. The first-order chi connectivity index (χ1) is 8.40. The Hall–Kier alpha value is -1.61. The lowest BCUT2D eigenvalue weighted by Gasteiger charge is -2.14. The van der Waals surface area contributed by atoms with Crippen LogP contribution in [0.2, 0.25) is 0 Å². The zero-order valence-electron chi connectivity index (χ0n) is 10.1. The number of pyridine rings is 1. The molecule has 90 valence electrons. The Morgan fingerprint density at radius 2 is 2.24 bits per heavy atom. The summed E-state index contributed by atoms with van der Waals surface area (Å²) in [6.07, 6.45) is 5.52. The molecule has 0 aliphatic rings. The first-order valence-corrected chi connectivity index (χ1v) is 6.07. The minimum atomic E-state index is 0.300. The van der Waals surface area contributed by atoms with Crippen molar-refractivity contribution < 1.29 is 4.42 Å². The minimum absolute atomic E-state index is 0.300. The first-order valence-electron chi connectivity index (χ1n) is 6.07. The van der Waals surface area contributed by atoms with Crippen LogP contribution >= 0.6 is 0 Å². The maximum Gasteiger partial charge on any atom is 0.120 e. The first kappa shape index (κ1) is 11.9. The Labute approximate surface area is 102 Å². The van der Waals surface area contributed by atoms with Gasteiger partial charge in [0.05, 0.1) is 12.3 Å². The third-order valence-electron chi connectivity index (χ3n) is 2.79. The van der Waals surface area contributed by atoms with Gasteiger partial charge in [0, 0.05) is 24.9 Å². The molecule has 3 nitrogen and oxygen atoms in total. The summed E-state index contributed by atoms with van der Waals surface area (Å²) >= 11 is 0. The molecule has 2 aromatic heterocycles. The molecule has 0 aromatic carbocycles. The van der Waals surface area contributed by atoms with Crippen molar-refractivity contribution in [3.63, 3.8) is 0 Å². The van der Waals surface area contributed by atoms with Gasteiger partial charge in [0.15, 0.2) is 0 Å². The van der Waals surface area contributed by atoms with Gasteiger partial charge in [-0.15, -0.1) is 0 Å². The number of aromatic nitrogens is 1. The molecule has 0 saturated heterocycles. The smallest absolute Gasteiger partial charge is 0.120 e. The van der Waals surface area contributed by atoms with E-state index in [1.807, 2.05) is 30.5 Å². The van der Waals surface area contributed by atoms with E-state index in [-0.39, 0.29) is 0 Å². The van der Waals surface area contributed by atoms with Gasteiger partial charge in [-0.1, -0.05) is 13.0 Å². The van der Waals surface area contributed by atoms with Crippen LogP contribution in [-0.4, -0.2) is 11.5 Å². The van der Waals surface area contributed by atoms with Crippen LogP contribution in [0.15, 0.2) is 47.2 Å². The summed E-state index contributed by atoms with van der Waals surface area (Å²) < 4.78 is 5.41. The maximum atomic E-state index is 5.41. The van der Waals surface area contributed by atoms with Crippen molar-refractivity contribution >= 4 is 0 Å². The van der Waals surface area contributed by atoms with Crippen LogP contribution in [0.5, 0.6) is 0 Å². The number of nitrogens with zero attached hydrogens (tertiary/aromatic N) is 1. The monoisotopic (exact) mass is 230 g/mol. The van der Waals surface area contributed by atoms with Crippen LogP contribution in [0.3, 0.4) is 0 Å². The van der Waals surface area contributed by atoms with Gasteiger partial charge in [0.2, 0.25) is 0 Å². The predicted octanol–water partition coefficient (Wildman–Crippen LogP) is 2.96. The summed E-state index contributed by atoms with van der Waals surface area (Å²) in [6.45, 7) is 3.07. The highest BCUT2D eigenvalue weighted by molar-refractivity contribution is 5.06. The molecule has 0 saturated carbocycles. The van der Waals surface area contributed by atoms with E-state index in [2.05, 4.69) is 23.3 Å². The molecule has 2 rings (SSSR count). The Morgan fingerprint density at radius 1 is 1.29 bits per heavy atom. The number of nitrogens with one attached hydrogen (secondary N) is 1. The van der Waals surface area contributed by atoms with Crippen molar-refractivity contribution in [2.75, 3.05) is 6.54 Å². The van der Waals surface area contributed by atoms with Crippen molar-refractivity contribution in [2.45, 2.75) is 25.8 Å². The van der Waals surface area contributed by atoms with E-state index in [1.165, 1.54) is 0 Å². The molecule has 0 amide bonds. The fraction of sp³-hybridized carbons (Fsp3) is 0.357. The molecule has 0 radical (unpaired) electrons. The molecule has 3 heteroatoms. The fourth-order valence-electron chi connectivity index (χ4n) is 1.86. The normalized spacial score (nSPS) is 12.5. The molecule has 2 heterocycles. The topological polar surface area (TPSA) is 38.1 Å². The average molecular weight is 230 g/mol. The molecule has 1 unspecified atom stereocenters. The second-order valence-electron chi connectivity index (χ2n) is 4.00. The molecule has 17 heavy (non-hydrogen) atoms. The number of furan rings is 1. The molecule has 0 fully saturated rings. The fourth-order valence-corrected chi connectivity index (χ4v) is 1.86. The molecule has 0 aliphatic heterocycles. The zero-order valence-corrected chi connectivity index (χ0v) is 10.1. The van der Waals surface area contributed by atoms with Crippen LogP contribution in [0, 0.1) is 0 Å². The summed E-state index contributed by atoms with van der Waals surface area (Å²) in [5, 5.41) is 3.49. The molecule has 2 aromatic rings. The van der Waals surface area contributed by atoms with Gasteiger partial charge in [0.1, 0.15) is 5.76 Å². The van der Waals surface area contributed by atoms with Crippen LogP contribution in [0.1, 0.15) is 30.8 Å². The Bertz CT molecular complexity index is 411. The minimum Gasteiger partial charge on any atom is -0.468 e. The molecule has 1 N–H and O–H groups in total. The van der Waals surface area contributed by atoms with Crippen molar-refractivity contribution in [1.29, 1.82) is 0 Å². The Kier molecular flexibility index (Phi) is 4.33. The molecule has 1 atom stereocenters. The average Bonchev–Trinajstić information content (AvgIpc) is 2.90. The summed E-state index contributed by atoms with van der Waals surface area (Å²) in [5.41, 5.74) is 1.12. The Balaban J connectivity index is 1.81. The zero-order chi connectivity index (χ0) is 11.9. The molecule has 0 bridgehead atoms. The lowest BCUT2D eigenvalue weighted by molar-refractivity contribution is 0.406. The van der Waals surface area contributed by atoms with Crippen LogP contribution in [0.4, 0.5) is 0 Å². The SMILES string of the molecule is CCC(NCCc1ccccn1)c1ccco1. The highest BCUT2D eigenvalue weighted by Gasteiger charge is 2.10. The van der Waals surface area contributed by atoms with Gasteiger partial charge < -0.3 is 9.73 Å². The van der Waals surface area contributed by atoms with E-state index in [0.29, 0.717) is 6.04 Å². The number of hydrogen-bond donors (Lipinski definition) is 1. The van der Waals surface area contributed by atoms with E-state index >= 15 is 0 Å². The van der Waals surface area contributed by atoms with Gasteiger partial charge in [-0.05, 0) is 30.7 Å². The van der Waals surface area contributed by atoms with Crippen LogP contribution < -0.4 is 5.32 Å². The molecular weight excluding hydrogens is 212 g/mol. The van der Waals surface area contributed by atoms with Crippen molar-refractivity contribution in [3.8, 4) is 0 Å². The third kappa shape index (κ3) is 3.43. The highest BCUT2D eigenvalue weighted by atomic mass is 16.3. The largest absolute Gasteiger partial charge is 0.468 e. The van der Waals surface area contributed by atoms with Crippen LogP contribution in [0.25, 0.3) is 0 Å². The van der Waals surface area contributed by atoms with Gasteiger partial charge in [-0.3, -0.25) is 4.98 Å². The third-order valence-corrected chi connectivity index (χ3v) is 2.79. The van der Waals surface area contributed by atoms with Gasteiger partial charge in [0.25, 0.3) is 0 Å². The van der Waals surface area contributed by atoms with Crippen molar-refractivity contribution in [1.82, 2.24) is 10.3 Å². The Morgan fingerprint density at radius 3 is 2.88 bits per heavy atom. The predicted molar refractivity (Wildman–Crippen MR) is 67.7 cm³/mol. The van der Waals surface area contributed by atoms with Crippen molar-refractivity contribution in [3.05, 3.63) is 54.2 Å². The number of rotatable bonds is 6. The van der Waals surface area contributed by atoms with Gasteiger partial charge in [-0.25, -0.2) is 0 Å². The summed E-state index contributed by atoms with van der Waals surface area (Å²) in [6, 6.07) is 10.3. The van der Waals surface area contributed by atoms with E-state index in [9.17, 15) is 0 Å². The standard InChI is InChI=1S/C14H18N2O/c1-2-13(14-7-5-11-17-14)16-10-8-12-6-3-4-9-15-12/h3-7,9,11,13,16H,2,8,10H2,1H3. The van der Waals surface area contributed by atoms with E-state index in [4.69, 9.17) is 4.42 Å². The maximum absolute atomic E-state index is 5.41. The van der Waals surface area contributed by atoms with Crippen molar-refractivity contribution in [2.24, 2.45) is 0 Å². The van der Waals surface area contributed by atoms with E-state index in [1.54, 1.807) is 6.26 Å². The quantitative estimate of drug-likeness (QED) is 0.829. The number of hydrogen-bond acceptors (Lipinski definition) is 3. The lowest BCUT2D eigenvalue weighted by atomic mass is 10.1. The molecule has 0 spiro atoms. The second-order valence-corrected chi connectivity index (χ2v) is 4.00. The van der Waals surface area contributed by atoms with Gasteiger partial charge in [-0.2, -0.15) is 0 Å². The van der Waals surface area contributed by atoms with E-state index < -0.39 is 0 Å². The lowest BCUT2D eigenvalue weighted by Crippen LogP contribution is -2.23. The summed E-state index contributed by atoms with van der Waals surface area (Å²) in [7, 11) is 0. The second kappa shape index (κ2) is 6.21. The van der Waals surface area contributed by atoms with Gasteiger partial charge >= 0.3 is 0 Å². The molecule has 0 aliphatic carbocycles. The van der Waals surface area contributed by atoms with Crippen LogP contribution in [-0.2, 0) is 6.42 Å². The molecular formula is C14H18N2O.